The van der Waals surface area contributed by atoms with Crippen molar-refractivity contribution in [3.05, 3.63) is 12.7 Å². The molecule has 0 aromatic heterocycles. The summed E-state index contributed by atoms with van der Waals surface area (Å²) in [6.45, 7) is 3.97. The van der Waals surface area contributed by atoms with Crippen LogP contribution in [-0.2, 0) is 14.3 Å². The Morgan fingerprint density at radius 3 is 2.25 bits per heavy atom. The molecule has 0 unspecified atom stereocenters. The minimum absolute atomic E-state index is 0.143. The average molecular weight is 285 g/mol. The SMILES string of the molecule is C=CCCCCCCCCCOC(=O)CNC(=O)OC. The van der Waals surface area contributed by atoms with Gasteiger partial charge in [-0.2, -0.15) is 0 Å². The molecule has 0 fully saturated rings. The summed E-state index contributed by atoms with van der Waals surface area (Å²) < 4.78 is 9.32. The number of ether oxygens (including phenoxy) is 2. The maximum Gasteiger partial charge on any atom is 0.407 e. The zero-order valence-electron chi connectivity index (χ0n) is 12.5. The van der Waals surface area contributed by atoms with Crippen molar-refractivity contribution >= 4 is 12.1 Å². The van der Waals surface area contributed by atoms with Crippen LogP contribution in [0.5, 0.6) is 0 Å². The summed E-state index contributed by atoms with van der Waals surface area (Å²) in [6, 6.07) is 0. The molecular weight excluding hydrogens is 258 g/mol. The first kappa shape index (κ1) is 18.5. The van der Waals surface area contributed by atoms with Crippen molar-refractivity contribution < 1.29 is 19.1 Å². The van der Waals surface area contributed by atoms with Crippen LogP contribution >= 0.6 is 0 Å². The monoisotopic (exact) mass is 285 g/mol. The van der Waals surface area contributed by atoms with Crippen LogP contribution in [0.1, 0.15) is 51.4 Å². The lowest BCUT2D eigenvalue weighted by molar-refractivity contribution is -0.142. The van der Waals surface area contributed by atoms with E-state index in [-0.39, 0.29) is 6.54 Å². The van der Waals surface area contributed by atoms with Crippen molar-refractivity contribution in [2.75, 3.05) is 20.3 Å². The number of amides is 1. The van der Waals surface area contributed by atoms with Crippen LogP contribution in [0.2, 0.25) is 0 Å². The van der Waals surface area contributed by atoms with Crippen LogP contribution in [0, 0.1) is 0 Å². The molecule has 0 atom stereocenters. The Kier molecular flexibility index (Phi) is 12.8. The first-order valence-electron chi connectivity index (χ1n) is 7.29. The lowest BCUT2D eigenvalue weighted by Crippen LogP contribution is -2.30. The van der Waals surface area contributed by atoms with E-state index in [0.29, 0.717) is 6.61 Å². The average Bonchev–Trinajstić information content (AvgIpc) is 2.46. The maximum atomic E-state index is 11.2. The van der Waals surface area contributed by atoms with E-state index in [4.69, 9.17) is 4.74 Å². The molecular formula is C15H27NO4. The fourth-order valence-corrected chi connectivity index (χ4v) is 1.73. The zero-order chi connectivity index (χ0) is 15.1. The quantitative estimate of drug-likeness (QED) is 0.340. The Labute approximate surface area is 121 Å². The molecule has 0 rings (SSSR count). The summed E-state index contributed by atoms with van der Waals surface area (Å²) in [6.07, 6.45) is 10.5. The van der Waals surface area contributed by atoms with Crippen molar-refractivity contribution in [2.45, 2.75) is 51.4 Å². The first-order chi connectivity index (χ1) is 9.70. The number of carbonyl (C=O) groups excluding carboxylic acids is 2. The summed E-state index contributed by atoms with van der Waals surface area (Å²) >= 11 is 0. The van der Waals surface area contributed by atoms with Gasteiger partial charge in [0.15, 0.2) is 0 Å². The topological polar surface area (TPSA) is 64.6 Å². The summed E-state index contributed by atoms with van der Waals surface area (Å²) in [7, 11) is 1.25. The van der Waals surface area contributed by atoms with E-state index in [9.17, 15) is 9.59 Å². The molecule has 5 heteroatoms. The third-order valence-electron chi connectivity index (χ3n) is 2.88. The second-order valence-corrected chi connectivity index (χ2v) is 4.62. The van der Waals surface area contributed by atoms with Gasteiger partial charge >= 0.3 is 12.1 Å². The van der Waals surface area contributed by atoms with E-state index >= 15 is 0 Å². The van der Waals surface area contributed by atoms with Gasteiger partial charge in [-0.1, -0.05) is 38.2 Å². The van der Waals surface area contributed by atoms with Gasteiger partial charge in [0.25, 0.3) is 0 Å². The number of methoxy groups -OCH3 is 1. The molecule has 0 aromatic rings. The second kappa shape index (κ2) is 13.9. The Morgan fingerprint density at radius 1 is 1.05 bits per heavy atom. The molecule has 0 aromatic carbocycles. The molecule has 0 heterocycles. The van der Waals surface area contributed by atoms with Gasteiger partial charge < -0.3 is 14.8 Å². The number of hydrogen-bond donors (Lipinski definition) is 1. The number of unbranched alkanes of at least 4 members (excludes halogenated alkanes) is 7. The van der Waals surface area contributed by atoms with Crippen LogP contribution < -0.4 is 5.32 Å². The highest BCUT2D eigenvalue weighted by Crippen LogP contribution is 2.08. The normalized spacial score (nSPS) is 9.85. The summed E-state index contributed by atoms with van der Waals surface area (Å²) in [5, 5.41) is 2.27. The standard InChI is InChI=1S/C15H27NO4/c1-3-4-5-6-7-8-9-10-11-12-20-14(17)13-16-15(18)19-2/h3H,1,4-13H2,2H3,(H,16,18). The van der Waals surface area contributed by atoms with Crippen LogP contribution in [0.25, 0.3) is 0 Å². The molecule has 20 heavy (non-hydrogen) atoms. The smallest absolute Gasteiger partial charge is 0.407 e. The van der Waals surface area contributed by atoms with E-state index in [0.717, 1.165) is 19.3 Å². The molecule has 1 N–H and O–H groups in total. The summed E-state index contributed by atoms with van der Waals surface area (Å²) in [5.74, 6) is -0.431. The highest BCUT2D eigenvalue weighted by Gasteiger charge is 2.05. The molecule has 0 aliphatic rings. The second-order valence-electron chi connectivity index (χ2n) is 4.62. The third-order valence-corrected chi connectivity index (χ3v) is 2.88. The lowest BCUT2D eigenvalue weighted by Gasteiger charge is -2.05. The van der Waals surface area contributed by atoms with Gasteiger partial charge in [0, 0.05) is 0 Å². The Morgan fingerprint density at radius 2 is 1.65 bits per heavy atom. The van der Waals surface area contributed by atoms with Gasteiger partial charge in [-0.25, -0.2) is 4.79 Å². The van der Waals surface area contributed by atoms with Gasteiger partial charge in [0.05, 0.1) is 13.7 Å². The molecule has 0 radical (unpaired) electrons. The zero-order valence-corrected chi connectivity index (χ0v) is 12.5. The number of rotatable bonds is 12. The molecule has 0 saturated heterocycles. The number of hydrogen-bond acceptors (Lipinski definition) is 4. The molecule has 0 bridgehead atoms. The lowest BCUT2D eigenvalue weighted by atomic mass is 10.1. The minimum Gasteiger partial charge on any atom is -0.464 e. The van der Waals surface area contributed by atoms with Gasteiger partial charge in [-0.15, -0.1) is 6.58 Å². The Bertz CT molecular complexity index is 279. The van der Waals surface area contributed by atoms with Crippen LogP contribution in [0.3, 0.4) is 0 Å². The summed E-state index contributed by atoms with van der Waals surface area (Å²) in [5.41, 5.74) is 0. The number of allylic oxidation sites excluding steroid dienone is 1. The van der Waals surface area contributed by atoms with E-state index in [1.54, 1.807) is 0 Å². The molecule has 5 nitrogen and oxygen atoms in total. The predicted molar refractivity (Wildman–Crippen MR) is 78.5 cm³/mol. The van der Waals surface area contributed by atoms with Crippen molar-refractivity contribution in [3.8, 4) is 0 Å². The predicted octanol–water partition coefficient (Wildman–Crippen LogP) is 3.19. The Balaban J connectivity index is 3.21. The largest absolute Gasteiger partial charge is 0.464 e. The van der Waals surface area contributed by atoms with Gasteiger partial charge in [-0.3, -0.25) is 4.79 Å². The third kappa shape index (κ3) is 12.9. The highest BCUT2D eigenvalue weighted by molar-refractivity contribution is 5.77. The number of alkyl carbamates (subject to hydrolysis) is 1. The molecule has 1 amide bonds. The van der Waals surface area contributed by atoms with Crippen molar-refractivity contribution in [1.29, 1.82) is 0 Å². The van der Waals surface area contributed by atoms with Crippen LogP contribution in [-0.4, -0.2) is 32.3 Å². The number of nitrogens with one attached hydrogen (secondary N) is 1. The van der Waals surface area contributed by atoms with Gasteiger partial charge in [0.1, 0.15) is 6.54 Å². The molecule has 0 saturated carbocycles. The fourth-order valence-electron chi connectivity index (χ4n) is 1.73. The van der Waals surface area contributed by atoms with E-state index < -0.39 is 12.1 Å². The molecule has 0 aliphatic heterocycles. The van der Waals surface area contributed by atoms with Gasteiger partial charge in [-0.05, 0) is 19.3 Å². The van der Waals surface area contributed by atoms with Gasteiger partial charge in [0.2, 0.25) is 0 Å². The van der Waals surface area contributed by atoms with Crippen molar-refractivity contribution in [1.82, 2.24) is 5.32 Å². The maximum absolute atomic E-state index is 11.2. The van der Waals surface area contributed by atoms with E-state index in [1.807, 2.05) is 6.08 Å². The molecule has 116 valence electrons. The van der Waals surface area contributed by atoms with E-state index in [1.165, 1.54) is 39.2 Å². The first-order valence-corrected chi connectivity index (χ1v) is 7.29. The highest BCUT2D eigenvalue weighted by atomic mass is 16.5. The Hall–Kier alpha value is -1.52. The minimum atomic E-state index is -0.626. The number of carbonyl (C=O) groups is 2. The molecule has 0 spiro atoms. The van der Waals surface area contributed by atoms with Crippen molar-refractivity contribution in [3.63, 3.8) is 0 Å². The van der Waals surface area contributed by atoms with Crippen LogP contribution in [0.15, 0.2) is 12.7 Å². The molecule has 0 aliphatic carbocycles. The van der Waals surface area contributed by atoms with E-state index in [2.05, 4.69) is 16.6 Å². The van der Waals surface area contributed by atoms with Crippen LogP contribution in [0.4, 0.5) is 4.79 Å². The van der Waals surface area contributed by atoms with Crippen molar-refractivity contribution in [2.24, 2.45) is 0 Å². The summed E-state index contributed by atoms with van der Waals surface area (Å²) in [4.78, 5) is 21.9. The number of esters is 1. The fraction of sp³-hybridized carbons (Fsp3) is 0.733.